The van der Waals surface area contributed by atoms with E-state index >= 15 is 0 Å². The van der Waals surface area contributed by atoms with Crippen LogP contribution in [0.15, 0.2) is 28.9 Å². The molecule has 23 heavy (non-hydrogen) atoms. The fraction of sp³-hybridized carbons (Fsp3) is 0.444. The molecule has 0 amide bonds. The lowest BCUT2D eigenvalue weighted by Gasteiger charge is -2.27. The number of anilines is 1. The molecule has 0 aliphatic heterocycles. The molecule has 0 bridgehead atoms. The van der Waals surface area contributed by atoms with Crippen molar-refractivity contribution >= 4 is 11.7 Å². The molecule has 2 N–H and O–H groups in total. The Balaban J connectivity index is 1.71. The first-order valence-corrected chi connectivity index (χ1v) is 8.05. The van der Waals surface area contributed by atoms with Gasteiger partial charge in [-0.2, -0.15) is 0 Å². The van der Waals surface area contributed by atoms with Gasteiger partial charge in [-0.3, -0.25) is 4.79 Å². The molecule has 0 saturated heterocycles. The molecule has 0 atom stereocenters. The Morgan fingerprint density at radius 3 is 2.61 bits per heavy atom. The van der Waals surface area contributed by atoms with Gasteiger partial charge in [0.1, 0.15) is 6.26 Å². The van der Waals surface area contributed by atoms with Gasteiger partial charge in [-0.1, -0.05) is 6.07 Å². The largest absolute Gasteiger partial charge is 0.481 e. The Hall–Kier alpha value is -2.30. The van der Waals surface area contributed by atoms with Gasteiger partial charge in [0.15, 0.2) is 0 Å². The molecular formula is C18H22N2O3. The minimum absolute atomic E-state index is 0.183. The molecule has 1 saturated carbocycles. The number of rotatable bonds is 4. The number of aryl methyl sites for hydroxylation is 2. The summed E-state index contributed by atoms with van der Waals surface area (Å²) in [6.07, 6.45) is 4.91. The van der Waals surface area contributed by atoms with Gasteiger partial charge in [0.2, 0.25) is 5.89 Å². The number of aromatic nitrogens is 1. The maximum absolute atomic E-state index is 11.0. The first kappa shape index (κ1) is 15.6. The molecule has 3 rings (SSSR count). The second-order valence-electron chi connectivity index (χ2n) is 6.35. The number of oxazole rings is 1. The summed E-state index contributed by atoms with van der Waals surface area (Å²) in [6, 6.07) is 6.49. The molecule has 2 aromatic rings. The zero-order chi connectivity index (χ0) is 16.4. The van der Waals surface area contributed by atoms with Crippen LogP contribution >= 0.6 is 0 Å². The summed E-state index contributed by atoms with van der Waals surface area (Å²) in [5, 5.41) is 12.6. The summed E-state index contributed by atoms with van der Waals surface area (Å²) >= 11 is 0. The molecule has 5 heteroatoms. The fourth-order valence-electron chi connectivity index (χ4n) is 3.14. The number of carboxylic acids is 1. The highest BCUT2D eigenvalue weighted by atomic mass is 16.4. The third kappa shape index (κ3) is 3.55. The van der Waals surface area contributed by atoms with Crippen LogP contribution in [-0.2, 0) is 4.79 Å². The highest BCUT2D eigenvalue weighted by molar-refractivity contribution is 5.70. The van der Waals surface area contributed by atoms with E-state index in [0.717, 1.165) is 48.2 Å². The van der Waals surface area contributed by atoms with E-state index in [1.54, 1.807) is 6.26 Å². The van der Waals surface area contributed by atoms with Crippen molar-refractivity contribution in [1.82, 2.24) is 4.98 Å². The first-order valence-electron chi connectivity index (χ1n) is 8.05. The predicted molar refractivity (Wildman–Crippen MR) is 88.4 cm³/mol. The Bertz CT molecular complexity index is 700. The van der Waals surface area contributed by atoms with Crippen LogP contribution in [0.5, 0.6) is 0 Å². The number of carboxylic acid groups (broad SMARTS) is 1. The fourth-order valence-corrected chi connectivity index (χ4v) is 3.14. The predicted octanol–water partition coefficient (Wildman–Crippen LogP) is 4.01. The molecule has 0 unspecified atom stereocenters. The number of aliphatic carboxylic acids is 1. The lowest BCUT2D eigenvalue weighted by Crippen LogP contribution is -2.29. The Morgan fingerprint density at radius 2 is 2.00 bits per heavy atom. The third-order valence-corrected chi connectivity index (χ3v) is 4.53. The van der Waals surface area contributed by atoms with Crippen molar-refractivity contribution in [2.24, 2.45) is 5.92 Å². The maximum Gasteiger partial charge on any atom is 0.306 e. The van der Waals surface area contributed by atoms with Gasteiger partial charge in [0.05, 0.1) is 11.6 Å². The van der Waals surface area contributed by atoms with Crippen LogP contribution in [0.4, 0.5) is 5.69 Å². The summed E-state index contributed by atoms with van der Waals surface area (Å²) in [5.74, 6) is -0.213. The van der Waals surface area contributed by atoms with E-state index < -0.39 is 5.97 Å². The average molecular weight is 314 g/mol. The topological polar surface area (TPSA) is 75.4 Å². The van der Waals surface area contributed by atoms with E-state index in [2.05, 4.69) is 28.5 Å². The molecule has 1 heterocycles. The van der Waals surface area contributed by atoms with Crippen molar-refractivity contribution in [2.45, 2.75) is 45.6 Å². The van der Waals surface area contributed by atoms with Crippen molar-refractivity contribution in [3.05, 3.63) is 35.7 Å². The van der Waals surface area contributed by atoms with Crippen LogP contribution in [0.25, 0.3) is 11.5 Å². The summed E-state index contributed by atoms with van der Waals surface area (Å²) < 4.78 is 5.51. The lowest BCUT2D eigenvalue weighted by atomic mass is 9.86. The quantitative estimate of drug-likeness (QED) is 0.891. The van der Waals surface area contributed by atoms with E-state index in [4.69, 9.17) is 9.52 Å². The number of carbonyl (C=O) groups is 1. The van der Waals surface area contributed by atoms with Gasteiger partial charge in [-0.05, 0) is 57.2 Å². The van der Waals surface area contributed by atoms with Gasteiger partial charge < -0.3 is 14.8 Å². The lowest BCUT2D eigenvalue weighted by molar-refractivity contribution is -0.142. The number of hydrogen-bond donors (Lipinski definition) is 2. The molecule has 1 aliphatic rings. The van der Waals surface area contributed by atoms with Gasteiger partial charge in [-0.25, -0.2) is 4.98 Å². The van der Waals surface area contributed by atoms with Gasteiger partial charge in [0, 0.05) is 17.3 Å². The number of hydrogen-bond acceptors (Lipinski definition) is 4. The van der Waals surface area contributed by atoms with E-state index in [-0.39, 0.29) is 5.92 Å². The van der Waals surface area contributed by atoms with Crippen molar-refractivity contribution < 1.29 is 14.3 Å². The second kappa shape index (κ2) is 6.44. The van der Waals surface area contributed by atoms with Crippen LogP contribution < -0.4 is 5.32 Å². The highest BCUT2D eigenvalue weighted by Gasteiger charge is 2.25. The SMILES string of the molecule is Cc1coc(-c2cc(NC3CCC(C(=O)O)CC3)ccc2C)n1. The monoisotopic (exact) mass is 314 g/mol. The summed E-state index contributed by atoms with van der Waals surface area (Å²) in [7, 11) is 0. The van der Waals surface area contributed by atoms with E-state index in [0.29, 0.717) is 11.9 Å². The summed E-state index contributed by atoms with van der Waals surface area (Å²) in [5.41, 5.74) is 4.00. The molecule has 1 fully saturated rings. The molecule has 0 radical (unpaired) electrons. The van der Waals surface area contributed by atoms with Crippen molar-refractivity contribution in [2.75, 3.05) is 5.32 Å². The van der Waals surface area contributed by atoms with E-state index in [1.807, 2.05) is 13.8 Å². The minimum atomic E-state index is -0.666. The van der Waals surface area contributed by atoms with E-state index in [9.17, 15) is 4.79 Å². The van der Waals surface area contributed by atoms with Crippen molar-refractivity contribution in [3.63, 3.8) is 0 Å². The van der Waals surface area contributed by atoms with Crippen LogP contribution in [-0.4, -0.2) is 22.1 Å². The zero-order valence-corrected chi connectivity index (χ0v) is 13.5. The Labute approximate surface area is 135 Å². The molecule has 0 spiro atoms. The molecule has 122 valence electrons. The van der Waals surface area contributed by atoms with Crippen LogP contribution in [0.2, 0.25) is 0 Å². The zero-order valence-electron chi connectivity index (χ0n) is 13.5. The Morgan fingerprint density at radius 1 is 1.26 bits per heavy atom. The number of nitrogens with zero attached hydrogens (tertiary/aromatic N) is 1. The minimum Gasteiger partial charge on any atom is -0.481 e. The molecule has 5 nitrogen and oxygen atoms in total. The number of nitrogens with one attached hydrogen (secondary N) is 1. The third-order valence-electron chi connectivity index (χ3n) is 4.53. The van der Waals surface area contributed by atoms with Crippen molar-refractivity contribution in [1.29, 1.82) is 0 Å². The van der Waals surface area contributed by atoms with Gasteiger partial charge >= 0.3 is 5.97 Å². The number of benzene rings is 1. The molecule has 1 aliphatic carbocycles. The van der Waals surface area contributed by atoms with Crippen LogP contribution in [0.3, 0.4) is 0 Å². The van der Waals surface area contributed by atoms with Gasteiger partial charge in [-0.15, -0.1) is 0 Å². The first-order chi connectivity index (χ1) is 11.0. The average Bonchev–Trinajstić information content (AvgIpc) is 2.96. The summed E-state index contributed by atoms with van der Waals surface area (Å²) in [6.45, 7) is 3.95. The second-order valence-corrected chi connectivity index (χ2v) is 6.35. The standard InChI is InChI=1S/C18H22N2O3/c1-11-3-6-15(9-16(11)17-19-12(2)10-23-17)20-14-7-4-13(5-8-14)18(21)22/h3,6,9-10,13-14,20H,4-5,7-8H2,1-2H3,(H,21,22). The maximum atomic E-state index is 11.0. The van der Waals surface area contributed by atoms with E-state index in [1.165, 1.54) is 0 Å². The molecule has 1 aromatic carbocycles. The van der Waals surface area contributed by atoms with Crippen LogP contribution in [0.1, 0.15) is 36.9 Å². The summed E-state index contributed by atoms with van der Waals surface area (Å²) in [4.78, 5) is 15.4. The normalized spacial score (nSPS) is 21.1. The van der Waals surface area contributed by atoms with Gasteiger partial charge in [0.25, 0.3) is 0 Å². The van der Waals surface area contributed by atoms with Crippen LogP contribution in [0, 0.1) is 19.8 Å². The molecular weight excluding hydrogens is 292 g/mol. The molecule has 1 aromatic heterocycles. The van der Waals surface area contributed by atoms with Crippen molar-refractivity contribution in [3.8, 4) is 11.5 Å². The highest BCUT2D eigenvalue weighted by Crippen LogP contribution is 2.30. The Kier molecular flexibility index (Phi) is 4.37. The smallest absolute Gasteiger partial charge is 0.306 e.